The number of nitrogens with one attached hydrogen (secondary N) is 2. The molecule has 1 aliphatic heterocycles. The van der Waals surface area contributed by atoms with Crippen molar-refractivity contribution in [1.82, 2.24) is 5.32 Å². The first kappa shape index (κ1) is 18.1. The Kier molecular flexibility index (Phi) is 6.93. The minimum Gasteiger partial charge on any atom is -0.352 e. The number of piperidine rings is 1. The Bertz CT molecular complexity index is 601. The Morgan fingerprint density at radius 2 is 2.21 bits per heavy atom. The van der Waals surface area contributed by atoms with Gasteiger partial charge >= 0.3 is 0 Å². The maximum absolute atomic E-state index is 11.8. The van der Waals surface area contributed by atoms with E-state index >= 15 is 0 Å². The van der Waals surface area contributed by atoms with E-state index in [9.17, 15) is 14.9 Å². The van der Waals surface area contributed by atoms with Crippen molar-refractivity contribution in [2.45, 2.75) is 38.6 Å². The molecule has 2 N–H and O–H groups in total. The molecule has 1 heterocycles. The maximum atomic E-state index is 11.8. The Hall–Kier alpha value is -2.21. The molecule has 0 aromatic heterocycles. The van der Waals surface area contributed by atoms with E-state index in [-0.39, 0.29) is 11.6 Å². The average Bonchev–Trinajstić information content (AvgIpc) is 2.58. The van der Waals surface area contributed by atoms with E-state index in [1.54, 1.807) is 23.1 Å². The molecule has 1 unspecified atom stereocenters. The Morgan fingerprint density at radius 3 is 2.96 bits per heavy atom. The number of quaternary nitrogens is 1. The molecule has 6 nitrogen and oxygen atoms in total. The number of carbonyl (C=O) groups excluding carboxylic acids is 1. The van der Waals surface area contributed by atoms with Crippen molar-refractivity contribution in [3.05, 3.63) is 46.0 Å². The Morgan fingerprint density at radius 1 is 1.42 bits per heavy atom. The number of nitrogens with zero attached hydrogens (tertiary/aromatic N) is 1. The van der Waals surface area contributed by atoms with E-state index in [0.29, 0.717) is 18.2 Å². The van der Waals surface area contributed by atoms with Gasteiger partial charge in [0.15, 0.2) is 0 Å². The van der Waals surface area contributed by atoms with Crippen LogP contribution in [0.3, 0.4) is 0 Å². The number of hydrogen-bond donors (Lipinski definition) is 2. The summed E-state index contributed by atoms with van der Waals surface area (Å²) in [4.78, 5) is 23.9. The van der Waals surface area contributed by atoms with Crippen LogP contribution in [-0.4, -0.2) is 36.5 Å². The van der Waals surface area contributed by atoms with Crippen LogP contribution in [0, 0.1) is 10.1 Å². The first-order chi connectivity index (χ1) is 11.6. The van der Waals surface area contributed by atoms with E-state index in [0.717, 1.165) is 13.0 Å². The highest BCUT2D eigenvalue weighted by atomic mass is 16.6. The predicted molar refractivity (Wildman–Crippen MR) is 93.8 cm³/mol. The van der Waals surface area contributed by atoms with E-state index in [1.165, 1.54) is 44.0 Å². The second kappa shape index (κ2) is 9.17. The summed E-state index contributed by atoms with van der Waals surface area (Å²) in [5.41, 5.74) is 0.438. The predicted octanol–water partition coefficient (Wildman–Crippen LogP) is 1.57. The van der Waals surface area contributed by atoms with Gasteiger partial charge in [0, 0.05) is 25.1 Å². The van der Waals surface area contributed by atoms with Crippen molar-refractivity contribution in [2.75, 3.05) is 19.6 Å². The fourth-order valence-electron chi connectivity index (χ4n) is 3.17. The molecule has 1 fully saturated rings. The van der Waals surface area contributed by atoms with Gasteiger partial charge in [-0.2, -0.15) is 0 Å². The third-order valence-corrected chi connectivity index (χ3v) is 4.60. The van der Waals surface area contributed by atoms with Gasteiger partial charge < -0.3 is 10.2 Å². The highest BCUT2D eigenvalue weighted by Crippen LogP contribution is 2.18. The number of nitro groups is 1. The molecule has 130 valence electrons. The van der Waals surface area contributed by atoms with Gasteiger partial charge in [0.1, 0.15) is 0 Å². The lowest BCUT2D eigenvalue weighted by atomic mass is 10.0. The zero-order valence-corrected chi connectivity index (χ0v) is 14.2. The average molecular weight is 332 g/mol. The number of para-hydroxylation sites is 1. The standard InChI is InChI=1S/C18H25N3O3/c1-15-7-4-5-13-20(15)14-6-12-19-18(22)11-10-16-8-2-3-9-17(16)21(23)24/h2-3,8-11,15H,4-7,12-14H2,1H3,(H,19,22)/p+1/b11-10+/t15-/m1/s1. The number of likely N-dealkylation sites (tertiary alicyclic amines) is 1. The third kappa shape index (κ3) is 5.45. The molecule has 6 heteroatoms. The first-order valence-electron chi connectivity index (χ1n) is 8.62. The second-order valence-electron chi connectivity index (χ2n) is 6.35. The van der Waals surface area contributed by atoms with Crippen LogP contribution in [0.5, 0.6) is 0 Å². The number of carbonyl (C=O) groups is 1. The van der Waals surface area contributed by atoms with Gasteiger partial charge in [0.25, 0.3) is 5.69 Å². The van der Waals surface area contributed by atoms with Crippen molar-refractivity contribution in [3.63, 3.8) is 0 Å². The molecule has 1 aliphatic rings. The zero-order chi connectivity index (χ0) is 17.4. The van der Waals surface area contributed by atoms with Crippen molar-refractivity contribution in [3.8, 4) is 0 Å². The lowest BCUT2D eigenvalue weighted by Crippen LogP contribution is -3.16. The molecule has 2 rings (SSSR count). The fraction of sp³-hybridized carbons (Fsp3) is 0.500. The highest BCUT2D eigenvalue weighted by Gasteiger charge is 2.20. The van der Waals surface area contributed by atoms with E-state index in [2.05, 4.69) is 12.2 Å². The monoisotopic (exact) mass is 332 g/mol. The van der Waals surface area contributed by atoms with Crippen LogP contribution in [-0.2, 0) is 4.79 Å². The molecule has 1 aromatic rings. The molecule has 24 heavy (non-hydrogen) atoms. The number of hydrogen-bond acceptors (Lipinski definition) is 3. The molecule has 2 atom stereocenters. The largest absolute Gasteiger partial charge is 0.352 e. The molecule has 0 spiro atoms. The van der Waals surface area contributed by atoms with Crippen molar-refractivity contribution in [1.29, 1.82) is 0 Å². The molecular weight excluding hydrogens is 306 g/mol. The lowest BCUT2D eigenvalue weighted by molar-refractivity contribution is -0.928. The van der Waals surface area contributed by atoms with Gasteiger partial charge in [-0.3, -0.25) is 14.9 Å². The SMILES string of the molecule is C[C@@H]1CCCC[NH+]1CCCNC(=O)/C=C/c1ccccc1[N+](=O)[O-]. The van der Waals surface area contributed by atoms with Crippen molar-refractivity contribution < 1.29 is 14.6 Å². The molecule has 1 aromatic carbocycles. The topological polar surface area (TPSA) is 76.7 Å². The molecular formula is C18H26N3O3+. The summed E-state index contributed by atoms with van der Waals surface area (Å²) in [6.45, 7) is 5.24. The summed E-state index contributed by atoms with van der Waals surface area (Å²) >= 11 is 0. The summed E-state index contributed by atoms with van der Waals surface area (Å²) in [6.07, 6.45) is 7.72. The van der Waals surface area contributed by atoms with Crippen LogP contribution in [0.1, 0.15) is 38.2 Å². The van der Waals surface area contributed by atoms with Crippen LogP contribution in [0.15, 0.2) is 30.3 Å². The molecule has 1 amide bonds. The van der Waals surface area contributed by atoms with Crippen LogP contribution in [0.25, 0.3) is 6.08 Å². The quantitative estimate of drug-likeness (QED) is 0.344. The lowest BCUT2D eigenvalue weighted by Gasteiger charge is -2.30. The van der Waals surface area contributed by atoms with Gasteiger partial charge in [0.05, 0.1) is 29.6 Å². The van der Waals surface area contributed by atoms with Crippen LogP contribution in [0.4, 0.5) is 5.69 Å². The van der Waals surface area contributed by atoms with Crippen LogP contribution in [0.2, 0.25) is 0 Å². The van der Waals surface area contributed by atoms with Crippen molar-refractivity contribution in [2.24, 2.45) is 0 Å². The Labute approximate surface area is 142 Å². The first-order valence-corrected chi connectivity index (χ1v) is 8.62. The minimum atomic E-state index is -0.444. The third-order valence-electron chi connectivity index (χ3n) is 4.60. The van der Waals surface area contributed by atoms with E-state index in [1.807, 2.05) is 0 Å². The Balaban J connectivity index is 1.74. The summed E-state index contributed by atoms with van der Waals surface area (Å²) in [5.74, 6) is -0.213. The zero-order valence-electron chi connectivity index (χ0n) is 14.2. The molecule has 0 saturated carbocycles. The molecule has 0 radical (unpaired) electrons. The smallest absolute Gasteiger partial charge is 0.276 e. The van der Waals surface area contributed by atoms with Gasteiger partial charge in [-0.05, 0) is 38.3 Å². The number of nitro benzene ring substituents is 1. The molecule has 0 bridgehead atoms. The number of rotatable bonds is 7. The minimum absolute atomic E-state index is 0.00392. The normalized spacial score (nSPS) is 20.9. The van der Waals surface area contributed by atoms with Crippen molar-refractivity contribution >= 4 is 17.7 Å². The molecule has 0 aliphatic carbocycles. The summed E-state index contributed by atoms with van der Waals surface area (Å²) in [5, 5.41) is 13.8. The van der Waals surface area contributed by atoms with Crippen LogP contribution >= 0.6 is 0 Å². The number of benzene rings is 1. The summed E-state index contributed by atoms with van der Waals surface area (Å²) in [6, 6.07) is 7.10. The van der Waals surface area contributed by atoms with Gasteiger partial charge in [-0.25, -0.2) is 0 Å². The molecule has 1 saturated heterocycles. The van der Waals surface area contributed by atoms with Gasteiger partial charge in [-0.15, -0.1) is 0 Å². The number of amides is 1. The van der Waals surface area contributed by atoms with Gasteiger partial charge in [-0.1, -0.05) is 12.1 Å². The summed E-state index contributed by atoms with van der Waals surface area (Å²) < 4.78 is 0. The van der Waals surface area contributed by atoms with E-state index < -0.39 is 4.92 Å². The second-order valence-corrected chi connectivity index (χ2v) is 6.35. The fourth-order valence-corrected chi connectivity index (χ4v) is 3.17. The van der Waals surface area contributed by atoms with Gasteiger partial charge in [0.2, 0.25) is 5.91 Å². The summed E-state index contributed by atoms with van der Waals surface area (Å²) in [7, 11) is 0. The maximum Gasteiger partial charge on any atom is 0.276 e. The van der Waals surface area contributed by atoms with E-state index in [4.69, 9.17) is 0 Å². The van der Waals surface area contributed by atoms with Crippen LogP contribution < -0.4 is 10.2 Å². The highest BCUT2D eigenvalue weighted by molar-refractivity contribution is 5.92.